The van der Waals surface area contributed by atoms with E-state index in [9.17, 15) is 13.5 Å². The molecule has 0 amide bonds. The molecule has 1 atom stereocenters. The van der Waals surface area contributed by atoms with Crippen molar-refractivity contribution in [2.24, 2.45) is 5.92 Å². The van der Waals surface area contributed by atoms with Gasteiger partial charge in [0.15, 0.2) is 0 Å². The molecule has 26 heavy (non-hydrogen) atoms. The van der Waals surface area contributed by atoms with Crippen molar-refractivity contribution in [2.45, 2.75) is 57.8 Å². The second kappa shape index (κ2) is 8.83. The molecular weight excluding hydrogens is 348 g/mol. The number of likely N-dealkylation sites (tertiary alicyclic amines) is 1. The number of nitrogens with one attached hydrogen (secondary N) is 1. The lowest BCUT2D eigenvalue weighted by atomic mass is 9.94. The lowest BCUT2D eigenvalue weighted by Gasteiger charge is -2.31. The number of sulfone groups is 1. The summed E-state index contributed by atoms with van der Waals surface area (Å²) in [5.41, 5.74) is 2.66. The second-order valence-electron chi connectivity index (χ2n) is 7.93. The molecule has 0 bridgehead atoms. The van der Waals surface area contributed by atoms with Gasteiger partial charge in [0.1, 0.15) is 9.84 Å². The molecule has 0 radical (unpaired) electrons. The van der Waals surface area contributed by atoms with Crippen LogP contribution in [0.15, 0.2) is 24.3 Å². The van der Waals surface area contributed by atoms with Gasteiger partial charge in [-0.3, -0.25) is 4.90 Å². The van der Waals surface area contributed by atoms with Gasteiger partial charge in [-0.2, -0.15) is 0 Å². The van der Waals surface area contributed by atoms with E-state index in [0.717, 1.165) is 51.9 Å². The fourth-order valence-corrected chi connectivity index (χ4v) is 5.58. The minimum absolute atomic E-state index is 0.136. The van der Waals surface area contributed by atoms with E-state index in [0.29, 0.717) is 23.5 Å². The molecule has 3 rings (SSSR count). The quantitative estimate of drug-likeness (QED) is 0.789. The Balaban J connectivity index is 1.53. The Hall–Kier alpha value is -0.950. The van der Waals surface area contributed by atoms with Crippen molar-refractivity contribution >= 4 is 9.84 Å². The van der Waals surface area contributed by atoms with Crippen LogP contribution >= 0.6 is 0 Å². The van der Waals surface area contributed by atoms with Crippen LogP contribution in [0, 0.1) is 5.92 Å². The smallest absolute Gasteiger partial charge is 0.150 e. The van der Waals surface area contributed by atoms with Crippen LogP contribution in [0.1, 0.15) is 43.7 Å². The third-order valence-corrected chi connectivity index (χ3v) is 7.71. The zero-order valence-electron chi connectivity index (χ0n) is 15.7. The normalized spacial score (nSPS) is 23.8. The average molecular weight is 381 g/mol. The predicted octanol–water partition coefficient (Wildman–Crippen LogP) is 1.95. The molecule has 146 valence electrons. The first kappa shape index (κ1) is 19.8. The predicted molar refractivity (Wildman–Crippen MR) is 105 cm³/mol. The minimum Gasteiger partial charge on any atom is -0.393 e. The van der Waals surface area contributed by atoms with Crippen LogP contribution in [0.25, 0.3) is 0 Å². The number of rotatable bonds is 6. The van der Waals surface area contributed by atoms with Gasteiger partial charge in [0.2, 0.25) is 0 Å². The molecule has 2 heterocycles. The molecule has 1 aromatic carbocycles. The van der Waals surface area contributed by atoms with Gasteiger partial charge in [-0.05, 0) is 49.7 Å². The van der Waals surface area contributed by atoms with Crippen molar-refractivity contribution in [3.05, 3.63) is 35.4 Å². The summed E-state index contributed by atoms with van der Waals surface area (Å²) >= 11 is 0. The van der Waals surface area contributed by atoms with Gasteiger partial charge in [-0.1, -0.05) is 24.3 Å². The highest BCUT2D eigenvalue weighted by atomic mass is 32.2. The maximum Gasteiger partial charge on any atom is 0.150 e. The fraction of sp³-hybridized carbons (Fsp3) is 0.700. The highest BCUT2D eigenvalue weighted by Crippen LogP contribution is 2.23. The van der Waals surface area contributed by atoms with Gasteiger partial charge in [0.05, 0.1) is 17.6 Å². The molecule has 0 aliphatic carbocycles. The lowest BCUT2D eigenvalue weighted by molar-refractivity contribution is 0.0791. The van der Waals surface area contributed by atoms with Gasteiger partial charge in [-0.15, -0.1) is 0 Å². The molecule has 5 nitrogen and oxygen atoms in total. The highest BCUT2D eigenvalue weighted by Gasteiger charge is 2.27. The topological polar surface area (TPSA) is 69.6 Å². The number of piperidine rings is 1. The van der Waals surface area contributed by atoms with Crippen molar-refractivity contribution in [2.75, 3.05) is 24.6 Å². The molecule has 6 heteroatoms. The first-order valence-electron chi connectivity index (χ1n) is 9.84. The maximum atomic E-state index is 11.6. The molecule has 0 spiro atoms. The fourth-order valence-electron chi connectivity index (χ4n) is 4.05. The summed E-state index contributed by atoms with van der Waals surface area (Å²) in [4.78, 5) is 2.42. The summed E-state index contributed by atoms with van der Waals surface area (Å²) in [7, 11) is -2.79. The molecule has 2 fully saturated rings. The van der Waals surface area contributed by atoms with E-state index in [-0.39, 0.29) is 6.10 Å². The number of aliphatic hydroxyl groups is 1. The first-order valence-corrected chi connectivity index (χ1v) is 11.7. The van der Waals surface area contributed by atoms with E-state index in [4.69, 9.17) is 0 Å². The number of nitrogens with zero attached hydrogens (tertiary/aromatic N) is 1. The van der Waals surface area contributed by atoms with Crippen LogP contribution in [0.3, 0.4) is 0 Å². The van der Waals surface area contributed by atoms with Gasteiger partial charge >= 0.3 is 0 Å². The van der Waals surface area contributed by atoms with Gasteiger partial charge in [0, 0.05) is 32.2 Å². The largest absolute Gasteiger partial charge is 0.393 e. The molecular formula is C20H32N2O3S. The molecule has 2 saturated heterocycles. The van der Waals surface area contributed by atoms with E-state index in [2.05, 4.69) is 41.4 Å². The lowest BCUT2D eigenvalue weighted by Crippen LogP contribution is -2.38. The first-order chi connectivity index (χ1) is 12.4. The maximum absolute atomic E-state index is 11.6. The van der Waals surface area contributed by atoms with E-state index < -0.39 is 9.84 Å². The average Bonchev–Trinajstić information content (AvgIpc) is 2.62. The van der Waals surface area contributed by atoms with Crippen molar-refractivity contribution in [1.82, 2.24) is 10.2 Å². The van der Waals surface area contributed by atoms with Crippen LogP contribution in [0.5, 0.6) is 0 Å². The molecule has 1 unspecified atom stereocenters. The number of benzene rings is 1. The molecule has 0 saturated carbocycles. The van der Waals surface area contributed by atoms with Crippen LogP contribution in [-0.4, -0.2) is 55.2 Å². The van der Waals surface area contributed by atoms with Crippen molar-refractivity contribution in [3.8, 4) is 0 Å². The number of hydrogen-bond acceptors (Lipinski definition) is 5. The van der Waals surface area contributed by atoms with E-state index >= 15 is 0 Å². The van der Waals surface area contributed by atoms with E-state index in [1.54, 1.807) is 0 Å². The SMILES string of the molecule is CC(NCc1ccccc1CN1CCC(O)CC1)C1CCS(=O)(=O)CC1. The Bertz CT molecular complexity index is 670. The summed E-state index contributed by atoms with van der Waals surface area (Å²) in [5, 5.41) is 13.3. The summed E-state index contributed by atoms with van der Waals surface area (Å²) in [6, 6.07) is 8.87. The zero-order chi connectivity index (χ0) is 18.6. The molecule has 1 aromatic rings. The van der Waals surface area contributed by atoms with Crippen LogP contribution in [-0.2, 0) is 22.9 Å². The summed E-state index contributed by atoms with van der Waals surface area (Å²) < 4.78 is 23.2. The van der Waals surface area contributed by atoms with Crippen LogP contribution in [0.2, 0.25) is 0 Å². The Labute approximate surface area is 157 Å². The van der Waals surface area contributed by atoms with Crippen LogP contribution in [0.4, 0.5) is 0 Å². The molecule has 2 N–H and O–H groups in total. The Morgan fingerprint density at radius 2 is 1.73 bits per heavy atom. The monoisotopic (exact) mass is 380 g/mol. The van der Waals surface area contributed by atoms with E-state index in [1.807, 2.05) is 0 Å². The molecule has 2 aliphatic rings. The summed E-state index contributed by atoms with van der Waals surface area (Å²) in [6.07, 6.45) is 3.13. The Morgan fingerprint density at radius 1 is 1.12 bits per heavy atom. The minimum atomic E-state index is -2.79. The zero-order valence-corrected chi connectivity index (χ0v) is 16.5. The van der Waals surface area contributed by atoms with E-state index in [1.165, 1.54) is 11.1 Å². The molecule has 2 aliphatic heterocycles. The third-order valence-electron chi connectivity index (χ3n) is 5.99. The summed E-state index contributed by atoms with van der Waals surface area (Å²) in [5.74, 6) is 1.11. The van der Waals surface area contributed by atoms with Crippen molar-refractivity contribution < 1.29 is 13.5 Å². The van der Waals surface area contributed by atoms with Gasteiger partial charge in [-0.25, -0.2) is 8.42 Å². The summed E-state index contributed by atoms with van der Waals surface area (Å²) in [6.45, 7) is 5.83. The molecule has 0 aromatic heterocycles. The Morgan fingerprint density at radius 3 is 2.38 bits per heavy atom. The second-order valence-corrected chi connectivity index (χ2v) is 10.2. The van der Waals surface area contributed by atoms with Crippen LogP contribution < -0.4 is 5.32 Å². The standard InChI is InChI=1S/C20H32N2O3S/c1-16(17-8-12-26(24,25)13-9-17)21-14-18-4-2-3-5-19(18)15-22-10-6-20(23)7-11-22/h2-5,16-17,20-21,23H,6-15H2,1H3. The number of hydrogen-bond donors (Lipinski definition) is 2. The number of aliphatic hydroxyl groups excluding tert-OH is 1. The third kappa shape index (κ3) is 5.52. The van der Waals surface area contributed by atoms with Crippen molar-refractivity contribution in [3.63, 3.8) is 0 Å². The van der Waals surface area contributed by atoms with Crippen molar-refractivity contribution in [1.29, 1.82) is 0 Å². The highest BCUT2D eigenvalue weighted by molar-refractivity contribution is 7.91. The Kier molecular flexibility index (Phi) is 6.72. The van der Waals surface area contributed by atoms with Gasteiger partial charge < -0.3 is 10.4 Å². The van der Waals surface area contributed by atoms with Gasteiger partial charge in [0.25, 0.3) is 0 Å².